The lowest BCUT2D eigenvalue weighted by Crippen LogP contribution is -2.49. The van der Waals surface area contributed by atoms with Crippen LogP contribution in [-0.4, -0.2) is 74.5 Å². The van der Waals surface area contributed by atoms with Gasteiger partial charge in [-0.3, -0.25) is 9.59 Å². The molecule has 0 aliphatic carbocycles. The molecule has 3 amide bonds. The number of ether oxygens (including phenoxy) is 2. The predicted molar refractivity (Wildman–Crippen MR) is 192 cm³/mol. The normalized spacial score (nSPS) is 20.6. The van der Waals surface area contributed by atoms with Crippen molar-refractivity contribution in [3.8, 4) is 0 Å². The maximum atomic E-state index is 14.0. The van der Waals surface area contributed by atoms with Crippen molar-refractivity contribution >= 4 is 32.2 Å². The molecule has 10 nitrogen and oxygen atoms in total. The van der Waals surface area contributed by atoms with Crippen molar-refractivity contribution in [2.45, 2.75) is 136 Å². The van der Waals surface area contributed by atoms with Gasteiger partial charge in [0.2, 0.25) is 11.8 Å². The summed E-state index contributed by atoms with van der Waals surface area (Å²) in [6.07, 6.45) is 4.17. The van der Waals surface area contributed by atoms with Crippen LogP contribution in [0.2, 0.25) is 16.6 Å². The average Bonchev–Trinajstić information content (AvgIpc) is 2.99. The zero-order valence-electron chi connectivity index (χ0n) is 31.0. The Labute approximate surface area is 289 Å². The molecule has 1 aliphatic rings. The molecule has 270 valence electrons. The van der Waals surface area contributed by atoms with Gasteiger partial charge in [-0.1, -0.05) is 84.0 Å². The van der Waals surface area contributed by atoms with E-state index in [9.17, 15) is 19.2 Å². The number of cyclic esters (lactones) is 1. The molecule has 3 atom stereocenters. The summed E-state index contributed by atoms with van der Waals surface area (Å²) >= 11 is 0. The van der Waals surface area contributed by atoms with E-state index in [1.54, 1.807) is 27.7 Å². The first-order chi connectivity index (χ1) is 22.5. The van der Waals surface area contributed by atoms with Crippen molar-refractivity contribution in [1.29, 1.82) is 0 Å². The van der Waals surface area contributed by atoms with Gasteiger partial charge in [0.25, 0.3) is 0 Å². The van der Waals surface area contributed by atoms with E-state index in [2.05, 4.69) is 52.2 Å². The first-order valence-electron chi connectivity index (χ1n) is 17.5. The van der Waals surface area contributed by atoms with Crippen LogP contribution in [0.3, 0.4) is 0 Å². The molecule has 0 saturated carbocycles. The topological polar surface area (TPSA) is 123 Å². The maximum absolute atomic E-state index is 14.0. The molecule has 0 spiro atoms. The van der Waals surface area contributed by atoms with Gasteiger partial charge in [0.15, 0.2) is 8.32 Å². The molecule has 1 aromatic carbocycles. The van der Waals surface area contributed by atoms with Crippen LogP contribution in [0, 0.1) is 5.92 Å². The van der Waals surface area contributed by atoms with Crippen LogP contribution in [0.15, 0.2) is 42.5 Å². The number of nitrogens with one attached hydrogen (secondary N) is 2. The second-order valence-electron chi connectivity index (χ2n) is 14.9. The largest absolute Gasteiger partial charge is 0.462 e. The van der Waals surface area contributed by atoms with Gasteiger partial charge >= 0.3 is 12.1 Å². The molecule has 1 aromatic rings. The van der Waals surface area contributed by atoms with E-state index in [4.69, 9.17) is 13.9 Å². The van der Waals surface area contributed by atoms with Crippen LogP contribution in [-0.2, 0) is 34.8 Å². The SMILES string of the molecule is CC(C)[Si](OCCN(Cc1ccccc1)C(=O)C[C@@H]1C/C=C/CC[C@H](NC(=O)OC(C)(C)C)C(=O)OC[C@H](C)NC1=O)(C(C)C)C(C)C. The third kappa shape index (κ3) is 13.0. The molecule has 0 saturated heterocycles. The van der Waals surface area contributed by atoms with E-state index in [1.807, 2.05) is 47.4 Å². The zero-order chi connectivity index (χ0) is 36.1. The minimum atomic E-state index is -2.12. The summed E-state index contributed by atoms with van der Waals surface area (Å²) in [5, 5.41) is 5.53. The molecule has 11 heteroatoms. The van der Waals surface area contributed by atoms with Gasteiger partial charge in [-0.25, -0.2) is 9.59 Å². The summed E-state index contributed by atoms with van der Waals surface area (Å²) in [6.45, 7) is 21.7. The molecule has 0 aromatic heterocycles. The molecule has 1 aliphatic heterocycles. The van der Waals surface area contributed by atoms with Crippen LogP contribution in [0.1, 0.15) is 100 Å². The minimum absolute atomic E-state index is 0.0272. The summed E-state index contributed by atoms with van der Waals surface area (Å²) < 4.78 is 17.6. The van der Waals surface area contributed by atoms with Crippen LogP contribution in [0.25, 0.3) is 0 Å². The van der Waals surface area contributed by atoms with Crippen molar-refractivity contribution in [3.05, 3.63) is 48.0 Å². The number of carbonyl (C=O) groups excluding carboxylic acids is 4. The predicted octanol–water partition coefficient (Wildman–Crippen LogP) is 6.89. The fraction of sp³-hybridized carbons (Fsp3) is 0.676. The highest BCUT2D eigenvalue weighted by Gasteiger charge is 2.45. The summed E-state index contributed by atoms with van der Waals surface area (Å²) in [6, 6.07) is 8.46. The summed E-state index contributed by atoms with van der Waals surface area (Å²) in [5.74, 6) is -1.61. The molecule has 1 heterocycles. The Hall–Kier alpha value is -3.18. The third-order valence-electron chi connectivity index (χ3n) is 8.83. The summed E-state index contributed by atoms with van der Waals surface area (Å²) in [5.41, 5.74) is 1.58. The Kier molecular flexibility index (Phi) is 16.3. The standard InChI is InChI=1S/C37H61N3O7Si/c1-26(2)48(27(3)4,28(5)6)46-22-21-40(24-30-17-13-11-14-18-30)33(41)23-31-19-15-12-16-20-32(39-36(44)47-37(8,9)10)35(43)45-25-29(7)38-34(31)42/h11-15,17-18,26-29,31-32H,16,19-25H2,1-10H3,(H,38,42)(H,39,44)/b15-12+/t29-,31-,32-/m0/s1. The van der Waals surface area contributed by atoms with Crippen molar-refractivity contribution < 1.29 is 33.1 Å². The summed E-state index contributed by atoms with van der Waals surface area (Å²) in [7, 11) is -2.12. The highest BCUT2D eigenvalue weighted by atomic mass is 28.4. The molecular formula is C37H61N3O7Si. The van der Waals surface area contributed by atoms with Gasteiger partial charge in [-0.2, -0.15) is 0 Å². The summed E-state index contributed by atoms with van der Waals surface area (Å²) in [4.78, 5) is 54.5. The van der Waals surface area contributed by atoms with Crippen LogP contribution in [0.5, 0.6) is 0 Å². The number of hydrogen-bond donors (Lipinski definition) is 2. The molecule has 0 bridgehead atoms. The lowest BCUT2D eigenvalue weighted by molar-refractivity contribution is -0.147. The Morgan fingerprint density at radius 1 is 1.02 bits per heavy atom. The zero-order valence-corrected chi connectivity index (χ0v) is 32.0. The van der Waals surface area contributed by atoms with Crippen LogP contribution < -0.4 is 10.6 Å². The molecule has 2 rings (SSSR count). The smallest absolute Gasteiger partial charge is 0.408 e. The van der Waals surface area contributed by atoms with Crippen LogP contribution >= 0.6 is 0 Å². The maximum Gasteiger partial charge on any atom is 0.408 e. The molecule has 2 N–H and O–H groups in total. The number of carbonyl (C=O) groups is 4. The highest BCUT2D eigenvalue weighted by Crippen LogP contribution is 2.42. The van der Waals surface area contributed by atoms with Crippen molar-refractivity contribution in [1.82, 2.24) is 15.5 Å². The van der Waals surface area contributed by atoms with Gasteiger partial charge in [0.05, 0.1) is 18.6 Å². The Balaban J connectivity index is 2.22. The Morgan fingerprint density at radius 2 is 1.65 bits per heavy atom. The van der Waals surface area contributed by atoms with Gasteiger partial charge in [-0.05, 0) is 69.1 Å². The quantitative estimate of drug-likeness (QED) is 0.139. The lowest BCUT2D eigenvalue weighted by atomic mass is 9.98. The van der Waals surface area contributed by atoms with E-state index in [1.165, 1.54) is 0 Å². The molecule has 48 heavy (non-hydrogen) atoms. The van der Waals surface area contributed by atoms with Crippen molar-refractivity contribution in [3.63, 3.8) is 0 Å². The third-order valence-corrected chi connectivity index (χ3v) is 14.9. The van der Waals surface area contributed by atoms with Gasteiger partial charge in [0, 0.05) is 19.5 Å². The fourth-order valence-corrected chi connectivity index (χ4v) is 12.0. The second-order valence-corrected chi connectivity index (χ2v) is 20.4. The second kappa shape index (κ2) is 19.1. The number of rotatable bonds is 12. The number of benzene rings is 1. The number of hydrogen-bond acceptors (Lipinski definition) is 7. The number of allylic oxidation sites excluding steroid dienone is 2. The molecule has 0 unspecified atom stereocenters. The van der Waals surface area contributed by atoms with Crippen molar-refractivity contribution in [2.24, 2.45) is 5.92 Å². The number of amides is 3. The highest BCUT2D eigenvalue weighted by molar-refractivity contribution is 6.77. The Morgan fingerprint density at radius 3 is 2.23 bits per heavy atom. The van der Waals surface area contributed by atoms with Gasteiger partial charge in [0.1, 0.15) is 18.2 Å². The van der Waals surface area contributed by atoms with Gasteiger partial charge < -0.3 is 29.4 Å². The van der Waals surface area contributed by atoms with E-state index in [-0.39, 0.29) is 24.8 Å². The fourth-order valence-electron chi connectivity index (χ4n) is 6.60. The first-order valence-corrected chi connectivity index (χ1v) is 19.7. The van der Waals surface area contributed by atoms with Crippen LogP contribution in [0.4, 0.5) is 4.79 Å². The number of alkyl carbamates (subject to hydrolysis) is 1. The van der Waals surface area contributed by atoms with E-state index >= 15 is 0 Å². The van der Waals surface area contributed by atoms with E-state index < -0.39 is 44.0 Å². The molecule has 0 fully saturated rings. The molecule has 0 radical (unpaired) electrons. The monoisotopic (exact) mass is 687 g/mol. The average molecular weight is 688 g/mol. The first kappa shape index (κ1) is 41.0. The Bertz CT molecular complexity index is 1190. The van der Waals surface area contributed by atoms with Crippen molar-refractivity contribution in [2.75, 3.05) is 19.8 Å². The van der Waals surface area contributed by atoms with Gasteiger partial charge in [-0.15, -0.1) is 0 Å². The lowest BCUT2D eigenvalue weighted by Gasteiger charge is -2.42. The number of esters is 1. The van der Waals surface area contributed by atoms with E-state index in [0.29, 0.717) is 55.6 Å². The minimum Gasteiger partial charge on any atom is -0.462 e. The van der Waals surface area contributed by atoms with E-state index in [0.717, 1.165) is 5.56 Å². The number of nitrogens with zero attached hydrogens (tertiary/aromatic N) is 1. The molecular weight excluding hydrogens is 627 g/mol.